The minimum atomic E-state index is -0.799. The molecule has 4 heteroatoms. The molecule has 1 aromatic rings. The predicted molar refractivity (Wildman–Crippen MR) is 85.6 cm³/mol. The first-order valence-electron chi connectivity index (χ1n) is 7.85. The summed E-state index contributed by atoms with van der Waals surface area (Å²) in [6, 6.07) is 9.99. The predicted octanol–water partition coefficient (Wildman–Crippen LogP) is 2.92. The third kappa shape index (κ3) is 3.87. The van der Waals surface area contributed by atoms with Crippen molar-refractivity contribution in [2.45, 2.75) is 39.0 Å². The van der Waals surface area contributed by atoms with Gasteiger partial charge in [0.2, 0.25) is 5.91 Å². The van der Waals surface area contributed by atoms with E-state index in [1.54, 1.807) is 4.90 Å². The molecule has 1 amide bonds. The van der Waals surface area contributed by atoms with Gasteiger partial charge in [-0.05, 0) is 23.3 Å². The standard InChI is InChI=1S/C18H25NO3/c1-13-9-14(17(21)22)12-19(11-13)16(20)10-18(2,3)15-7-5-4-6-8-15/h4-8,13-14H,9-12H2,1-3H3,(H,21,22). The van der Waals surface area contributed by atoms with Crippen LogP contribution in [0.1, 0.15) is 39.2 Å². The highest BCUT2D eigenvalue weighted by molar-refractivity contribution is 5.79. The molecule has 0 aliphatic carbocycles. The van der Waals surface area contributed by atoms with Gasteiger partial charge < -0.3 is 10.0 Å². The van der Waals surface area contributed by atoms with Gasteiger partial charge in [0, 0.05) is 19.5 Å². The molecule has 22 heavy (non-hydrogen) atoms. The molecule has 2 rings (SSSR count). The van der Waals surface area contributed by atoms with E-state index in [1.165, 1.54) is 0 Å². The van der Waals surface area contributed by atoms with Crippen molar-refractivity contribution in [3.05, 3.63) is 35.9 Å². The lowest BCUT2D eigenvalue weighted by Gasteiger charge is -2.36. The van der Waals surface area contributed by atoms with Crippen LogP contribution in [0.2, 0.25) is 0 Å². The van der Waals surface area contributed by atoms with Gasteiger partial charge in [-0.15, -0.1) is 0 Å². The Morgan fingerprint density at radius 2 is 1.86 bits per heavy atom. The molecule has 1 saturated heterocycles. The quantitative estimate of drug-likeness (QED) is 0.930. The molecule has 2 unspecified atom stereocenters. The third-order valence-corrected chi connectivity index (χ3v) is 4.51. The van der Waals surface area contributed by atoms with E-state index in [-0.39, 0.29) is 17.2 Å². The summed E-state index contributed by atoms with van der Waals surface area (Å²) in [5, 5.41) is 9.23. The Kier molecular flexibility index (Phi) is 4.89. The van der Waals surface area contributed by atoms with Crippen LogP contribution >= 0.6 is 0 Å². The largest absolute Gasteiger partial charge is 0.481 e. The Hall–Kier alpha value is -1.84. The number of rotatable bonds is 4. The number of hydrogen-bond donors (Lipinski definition) is 1. The number of piperidine rings is 1. The van der Waals surface area contributed by atoms with Crippen LogP contribution in [0, 0.1) is 11.8 Å². The van der Waals surface area contributed by atoms with E-state index in [9.17, 15) is 14.7 Å². The summed E-state index contributed by atoms with van der Waals surface area (Å²) in [5.41, 5.74) is 0.876. The first-order valence-corrected chi connectivity index (χ1v) is 7.85. The summed E-state index contributed by atoms with van der Waals surface area (Å²) < 4.78 is 0. The average Bonchev–Trinajstić information content (AvgIpc) is 2.47. The summed E-state index contributed by atoms with van der Waals surface area (Å²) in [6.45, 7) is 7.12. The topological polar surface area (TPSA) is 57.6 Å². The van der Waals surface area contributed by atoms with Gasteiger partial charge in [0.15, 0.2) is 0 Å². The van der Waals surface area contributed by atoms with E-state index >= 15 is 0 Å². The van der Waals surface area contributed by atoms with Gasteiger partial charge in [0.1, 0.15) is 0 Å². The Morgan fingerprint density at radius 1 is 1.23 bits per heavy atom. The number of hydrogen-bond acceptors (Lipinski definition) is 2. The van der Waals surface area contributed by atoms with Crippen molar-refractivity contribution in [1.82, 2.24) is 4.90 Å². The molecule has 0 saturated carbocycles. The highest BCUT2D eigenvalue weighted by Crippen LogP contribution is 2.29. The van der Waals surface area contributed by atoms with Gasteiger partial charge in [-0.1, -0.05) is 51.1 Å². The zero-order chi connectivity index (χ0) is 16.3. The molecule has 1 heterocycles. The highest BCUT2D eigenvalue weighted by Gasteiger charge is 2.34. The maximum atomic E-state index is 12.6. The summed E-state index contributed by atoms with van der Waals surface area (Å²) in [5.74, 6) is -0.954. The van der Waals surface area contributed by atoms with Crippen LogP contribution in [0.3, 0.4) is 0 Å². The van der Waals surface area contributed by atoms with Crippen LogP contribution in [-0.2, 0) is 15.0 Å². The number of aliphatic carboxylic acids is 1. The third-order valence-electron chi connectivity index (χ3n) is 4.51. The van der Waals surface area contributed by atoms with Crippen molar-refractivity contribution < 1.29 is 14.7 Å². The second kappa shape index (κ2) is 6.51. The zero-order valence-corrected chi connectivity index (χ0v) is 13.6. The lowest BCUT2D eigenvalue weighted by Crippen LogP contribution is -2.46. The zero-order valence-electron chi connectivity index (χ0n) is 13.6. The number of carbonyl (C=O) groups excluding carboxylic acids is 1. The summed E-state index contributed by atoms with van der Waals surface area (Å²) >= 11 is 0. The fraction of sp³-hybridized carbons (Fsp3) is 0.556. The van der Waals surface area contributed by atoms with E-state index in [0.717, 1.165) is 5.56 Å². The van der Waals surface area contributed by atoms with E-state index in [0.29, 0.717) is 25.9 Å². The Morgan fingerprint density at radius 3 is 2.45 bits per heavy atom. The summed E-state index contributed by atoms with van der Waals surface area (Å²) in [6.07, 6.45) is 1.05. The molecule has 0 bridgehead atoms. The molecule has 0 radical (unpaired) electrons. The number of carbonyl (C=O) groups is 2. The fourth-order valence-electron chi connectivity index (χ4n) is 3.22. The van der Waals surface area contributed by atoms with E-state index in [2.05, 4.69) is 13.8 Å². The van der Waals surface area contributed by atoms with Gasteiger partial charge in [0.25, 0.3) is 0 Å². The molecule has 1 fully saturated rings. The van der Waals surface area contributed by atoms with Crippen LogP contribution < -0.4 is 0 Å². The lowest BCUT2D eigenvalue weighted by molar-refractivity contribution is -0.147. The highest BCUT2D eigenvalue weighted by atomic mass is 16.4. The van der Waals surface area contributed by atoms with Crippen molar-refractivity contribution in [1.29, 1.82) is 0 Å². The van der Waals surface area contributed by atoms with Crippen LogP contribution in [0.5, 0.6) is 0 Å². The van der Waals surface area contributed by atoms with Crippen molar-refractivity contribution in [2.75, 3.05) is 13.1 Å². The van der Waals surface area contributed by atoms with Crippen LogP contribution in [0.25, 0.3) is 0 Å². The molecular formula is C18H25NO3. The summed E-state index contributed by atoms with van der Waals surface area (Å²) in [7, 11) is 0. The molecule has 120 valence electrons. The molecule has 0 aromatic heterocycles. The monoisotopic (exact) mass is 303 g/mol. The number of likely N-dealkylation sites (tertiary alicyclic amines) is 1. The van der Waals surface area contributed by atoms with Crippen LogP contribution in [0.4, 0.5) is 0 Å². The van der Waals surface area contributed by atoms with Gasteiger partial charge in [0.05, 0.1) is 5.92 Å². The van der Waals surface area contributed by atoms with Gasteiger partial charge in [-0.3, -0.25) is 9.59 Å². The normalized spacial score (nSPS) is 22.4. The molecule has 2 atom stereocenters. The van der Waals surface area contributed by atoms with Gasteiger partial charge in [-0.2, -0.15) is 0 Å². The minimum absolute atomic E-state index is 0.0478. The number of benzene rings is 1. The Bertz CT molecular complexity index is 539. The first kappa shape index (κ1) is 16.5. The van der Waals surface area contributed by atoms with E-state index in [1.807, 2.05) is 37.3 Å². The van der Waals surface area contributed by atoms with Crippen LogP contribution in [0.15, 0.2) is 30.3 Å². The maximum absolute atomic E-state index is 12.6. The molecule has 1 aliphatic rings. The smallest absolute Gasteiger partial charge is 0.308 e. The molecule has 0 spiro atoms. The molecule has 1 N–H and O–H groups in total. The van der Waals surface area contributed by atoms with Crippen molar-refractivity contribution in [2.24, 2.45) is 11.8 Å². The number of nitrogens with zero attached hydrogens (tertiary/aromatic N) is 1. The summed E-state index contributed by atoms with van der Waals surface area (Å²) in [4.78, 5) is 25.6. The molecule has 4 nitrogen and oxygen atoms in total. The Balaban J connectivity index is 2.06. The SMILES string of the molecule is CC1CC(C(=O)O)CN(C(=O)CC(C)(C)c2ccccc2)C1. The average molecular weight is 303 g/mol. The number of amides is 1. The van der Waals surface area contributed by atoms with Crippen molar-refractivity contribution in [3.8, 4) is 0 Å². The number of carboxylic acid groups (broad SMARTS) is 1. The second-order valence-corrected chi connectivity index (χ2v) is 7.10. The maximum Gasteiger partial charge on any atom is 0.308 e. The molecule has 1 aliphatic heterocycles. The molecule has 1 aromatic carbocycles. The van der Waals surface area contributed by atoms with Crippen LogP contribution in [-0.4, -0.2) is 35.0 Å². The molecular weight excluding hydrogens is 278 g/mol. The van der Waals surface area contributed by atoms with E-state index < -0.39 is 11.9 Å². The van der Waals surface area contributed by atoms with Gasteiger partial charge >= 0.3 is 5.97 Å². The van der Waals surface area contributed by atoms with Crippen molar-refractivity contribution >= 4 is 11.9 Å². The van der Waals surface area contributed by atoms with E-state index in [4.69, 9.17) is 0 Å². The fourth-order valence-corrected chi connectivity index (χ4v) is 3.22. The first-order chi connectivity index (χ1) is 10.3. The lowest BCUT2D eigenvalue weighted by atomic mass is 9.80. The minimum Gasteiger partial charge on any atom is -0.481 e. The van der Waals surface area contributed by atoms with Crippen molar-refractivity contribution in [3.63, 3.8) is 0 Å². The number of carboxylic acids is 1. The second-order valence-electron chi connectivity index (χ2n) is 7.10. The van der Waals surface area contributed by atoms with Gasteiger partial charge in [-0.25, -0.2) is 0 Å². The Labute approximate surface area is 132 Å².